The van der Waals surface area contributed by atoms with Crippen molar-refractivity contribution in [1.82, 2.24) is 4.98 Å². The zero-order valence-corrected chi connectivity index (χ0v) is 16.0. The molecule has 2 amide bonds. The summed E-state index contributed by atoms with van der Waals surface area (Å²) in [5, 5.41) is 3.41. The Bertz CT molecular complexity index is 1120. The van der Waals surface area contributed by atoms with Crippen molar-refractivity contribution >= 4 is 35.0 Å². The highest BCUT2D eigenvalue weighted by Crippen LogP contribution is 2.40. The Morgan fingerprint density at radius 1 is 1.18 bits per heavy atom. The van der Waals surface area contributed by atoms with Gasteiger partial charge in [-0.1, -0.05) is 11.8 Å². The Morgan fingerprint density at radius 3 is 2.79 bits per heavy atom. The summed E-state index contributed by atoms with van der Waals surface area (Å²) in [7, 11) is 1.70. The molecule has 0 saturated heterocycles. The molecule has 0 saturated carbocycles. The fourth-order valence-corrected chi connectivity index (χ4v) is 4.09. The van der Waals surface area contributed by atoms with Crippen molar-refractivity contribution in [3.05, 3.63) is 77.2 Å². The quantitative estimate of drug-likeness (QED) is 0.695. The third-order valence-corrected chi connectivity index (χ3v) is 5.60. The van der Waals surface area contributed by atoms with Crippen LogP contribution in [0.5, 0.6) is 0 Å². The van der Waals surface area contributed by atoms with E-state index in [0.717, 1.165) is 4.90 Å². The standard InChI is InChI=1S/C21H16FN3O2S/c1-12-10-14(22)6-7-16(12)24-19(26)13-5-8-17-18(11-13)28-20-15(4-3-9-23-20)21(27)25(17)2/h3-11H,1-2H3,(H,24,26). The van der Waals surface area contributed by atoms with Crippen LogP contribution in [0.3, 0.4) is 0 Å². The number of nitrogens with one attached hydrogen (secondary N) is 1. The van der Waals surface area contributed by atoms with Crippen LogP contribution in [0, 0.1) is 12.7 Å². The second-order valence-electron chi connectivity index (χ2n) is 6.42. The SMILES string of the molecule is Cc1cc(F)ccc1NC(=O)c1ccc2c(c1)Sc1ncccc1C(=O)N2C. The van der Waals surface area contributed by atoms with Crippen LogP contribution < -0.4 is 10.2 Å². The van der Waals surface area contributed by atoms with E-state index < -0.39 is 0 Å². The molecule has 0 bridgehead atoms. The van der Waals surface area contributed by atoms with Crippen molar-refractivity contribution < 1.29 is 14.0 Å². The lowest BCUT2D eigenvalue weighted by Crippen LogP contribution is -2.26. The van der Waals surface area contributed by atoms with Gasteiger partial charge in [-0.2, -0.15) is 0 Å². The van der Waals surface area contributed by atoms with Crippen LogP contribution in [0.15, 0.2) is 64.6 Å². The lowest BCUT2D eigenvalue weighted by atomic mass is 10.1. The third-order valence-electron chi connectivity index (χ3n) is 4.53. The van der Waals surface area contributed by atoms with Gasteiger partial charge in [-0.05, 0) is 61.0 Å². The molecule has 0 aliphatic carbocycles. The molecule has 140 valence electrons. The zero-order chi connectivity index (χ0) is 19.8. The largest absolute Gasteiger partial charge is 0.322 e. The van der Waals surface area contributed by atoms with E-state index in [9.17, 15) is 14.0 Å². The number of pyridine rings is 1. The summed E-state index contributed by atoms with van der Waals surface area (Å²) in [6.07, 6.45) is 1.64. The van der Waals surface area contributed by atoms with E-state index in [0.29, 0.717) is 33.1 Å². The molecule has 2 aromatic carbocycles. The molecule has 1 aliphatic heterocycles. The number of hydrogen-bond acceptors (Lipinski definition) is 4. The first kappa shape index (κ1) is 18.2. The number of carbonyl (C=O) groups is 2. The van der Waals surface area contributed by atoms with E-state index in [2.05, 4.69) is 10.3 Å². The van der Waals surface area contributed by atoms with Crippen LogP contribution in [0.4, 0.5) is 15.8 Å². The fraction of sp³-hybridized carbons (Fsp3) is 0.0952. The summed E-state index contributed by atoms with van der Waals surface area (Å²) in [6.45, 7) is 1.73. The normalized spacial score (nSPS) is 12.8. The number of halogens is 1. The minimum Gasteiger partial charge on any atom is -0.322 e. The number of fused-ring (bicyclic) bond motifs is 2. The molecule has 1 aliphatic rings. The zero-order valence-electron chi connectivity index (χ0n) is 15.2. The predicted octanol–water partition coefficient (Wildman–Crippen LogP) is 4.52. The summed E-state index contributed by atoms with van der Waals surface area (Å²) in [6, 6.07) is 12.8. The molecular formula is C21H16FN3O2S. The number of hydrogen-bond donors (Lipinski definition) is 1. The smallest absolute Gasteiger partial charge is 0.260 e. The molecule has 1 aromatic heterocycles. The summed E-state index contributed by atoms with van der Waals surface area (Å²) < 4.78 is 13.3. The summed E-state index contributed by atoms with van der Waals surface area (Å²) in [5.74, 6) is -0.804. The van der Waals surface area contributed by atoms with Crippen LogP contribution in [0.25, 0.3) is 0 Å². The highest BCUT2D eigenvalue weighted by atomic mass is 32.2. The van der Waals surface area contributed by atoms with Gasteiger partial charge in [0.05, 0.1) is 11.3 Å². The summed E-state index contributed by atoms with van der Waals surface area (Å²) in [4.78, 5) is 32.0. The molecule has 4 rings (SSSR count). The van der Waals surface area contributed by atoms with Crippen molar-refractivity contribution in [3.8, 4) is 0 Å². The molecule has 0 spiro atoms. The van der Waals surface area contributed by atoms with Gasteiger partial charge in [0.15, 0.2) is 0 Å². The van der Waals surface area contributed by atoms with Crippen LogP contribution >= 0.6 is 11.8 Å². The van der Waals surface area contributed by atoms with Crippen molar-refractivity contribution in [2.45, 2.75) is 16.8 Å². The molecule has 1 N–H and O–H groups in total. The van der Waals surface area contributed by atoms with E-state index >= 15 is 0 Å². The van der Waals surface area contributed by atoms with Gasteiger partial charge < -0.3 is 10.2 Å². The molecule has 0 fully saturated rings. The number of anilines is 2. The van der Waals surface area contributed by atoms with Gasteiger partial charge in [0.1, 0.15) is 10.8 Å². The molecule has 0 unspecified atom stereocenters. The van der Waals surface area contributed by atoms with Gasteiger partial charge in [-0.3, -0.25) is 9.59 Å². The number of aryl methyl sites for hydroxylation is 1. The van der Waals surface area contributed by atoms with Crippen molar-refractivity contribution in [2.24, 2.45) is 0 Å². The number of rotatable bonds is 2. The topological polar surface area (TPSA) is 62.3 Å². The maximum absolute atomic E-state index is 13.3. The monoisotopic (exact) mass is 393 g/mol. The maximum atomic E-state index is 13.3. The lowest BCUT2D eigenvalue weighted by molar-refractivity contribution is 0.0988. The Morgan fingerprint density at radius 2 is 2.00 bits per heavy atom. The highest BCUT2D eigenvalue weighted by Gasteiger charge is 2.26. The van der Waals surface area contributed by atoms with Crippen molar-refractivity contribution in [2.75, 3.05) is 17.3 Å². The first-order valence-corrected chi connectivity index (χ1v) is 9.38. The number of amides is 2. The predicted molar refractivity (Wildman–Crippen MR) is 107 cm³/mol. The summed E-state index contributed by atoms with van der Waals surface area (Å²) in [5.41, 5.74) is 2.87. The van der Waals surface area contributed by atoms with E-state index in [4.69, 9.17) is 0 Å². The minimum atomic E-state index is -0.351. The van der Waals surface area contributed by atoms with E-state index in [1.54, 1.807) is 55.4 Å². The molecule has 0 radical (unpaired) electrons. The second kappa shape index (κ2) is 7.09. The average molecular weight is 393 g/mol. The number of nitrogens with zero attached hydrogens (tertiary/aromatic N) is 2. The molecular weight excluding hydrogens is 377 g/mol. The Hall–Kier alpha value is -3.19. The second-order valence-corrected chi connectivity index (χ2v) is 7.45. The summed E-state index contributed by atoms with van der Waals surface area (Å²) >= 11 is 1.35. The average Bonchev–Trinajstić information content (AvgIpc) is 2.79. The Labute approximate surface area is 165 Å². The van der Waals surface area contributed by atoms with Crippen LogP contribution in [0.1, 0.15) is 26.3 Å². The van der Waals surface area contributed by atoms with Crippen LogP contribution in [0.2, 0.25) is 0 Å². The van der Waals surface area contributed by atoms with Crippen molar-refractivity contribution in [3.63, 3.8) is 0 Å². The highest BCUT2D eigenvalue weighted by molar-refractivity contribution is 7.99. The Balaban J connectivity index is 1.68. The maximum Gasteiger partial charge on any atom is 0.260 e. The third kappa shape index (κ3) is 3.25. The van der Waals surface area contributed by atoms with Gasteiger partial charge in [-0.15, -0.1) is 0 Å². The lowest BCUT2D eigenvalue weighted by Gasteiger charge is -2.18. The van der Waals surface area contributed by atoms with Crippen molar-refractivity contribution in [1.29, 1.82) is 0 Å². The molecule has 3 aromatic rings. The van der Waals surface area contributed by atoms with Gasteiger partial charge in [0.25, 0.3) is 11.8 Å². The Kier molecular flexibility index (Phi) is 4.60. The van der Waals surface area contributed by atoms with Crippen LogP contribution in [-0.4, -0.2) is 23.8 Å². The molecule has 28 heavy (non-hydrogen) atoms. The number of aromatic nitrogens is 1. The van der Waals surface area contributed by atoms with Gasteiger partial charge >= 0.3 is 0 Å². The van der Waals surface area contributed by atoms with Gasteiger partial charge in [0, 0.05) is 29.4 Å². The molecule has 0 atom stereocenters. The van der Waals surface area contributed by atoms with Gasteiger partial charge in [-0.25, -0.2) is 9.37 Å². The van der Waals surface area contributed by atoms with E-state index in [1.165, 1.54) is 30.0 Å². The first-order chi connectivity index (χ1) is 13.4. The fourth-order valence-electron chi connectivity index (χ4n) is 3.01. The van der Waals surface area contributed by atoms with Gasteiger partial charge in [0.2, 0.25) is 0 Å². The molecule has 7 heteroatoms. The minimum absolute atomic E-state index is 0.145. The first-order valence-electron chi connectivity index (χ1n) is 8.56. The number of benzene rings is 2. The molecule has 2 heterocycles. The number of carbonyl (C=O) groups excluding carboxylic acids is 2. The molecule has 5 nitrogen and oxygen atoms in total. The van der Waals surface area contributed by atoms with E-state index in [-0.39, 0.29) is 17.6 Å². The van der Waals surface area contributed by atoms with E-state index in [1.807, 2.05) is 0 Å². The van der Waals surface area contributed by atoms with Crippen LogP contribution in [-0.2, 0) is 0 Å².